The molecule has 0 amide bonds. The first-order valence-electron chi connectivity index (χ1n) is 3.92. The molecule has 1 nitrogen and oxygen atoms in total. The van der Waals surface area contributed by atoms with Crippen LogP contribution in [0, 0.1) is 5.92 Å². The lowest BCUT2D eigenvalue weighted by Crippen LogP contribution is -1.99. The van der Waals surface area contributed by atoms with Gasteiger partial charge in [-0.1, -0.05) is 35.0 Å². The van der Waals surface area contributed by atoms with E-state index in [0.29, 0.717) is 0 Å². The van der Waals surface area contributed by atoms with Gasteiger partial charge < -0.3 is 4.79 Å². The Bertz CT molecular complexity index is 253. The van der Waals surface area contributed by atoms with Crippen molar-refractivity contribution in [3.05, 3.63) is 34.3 Å². The smallest absolute Gasteiger partial charge is 0.123 e. The van der Waals surface area contributed by atoms with Gasteiger partial charge in [0.05, 0.1) is 0 Å². The number of carbonyl (C=O) groups excluding carboxylic acids is 1. The average Bonchev–Trinajstić information content (AvgIpc) is 2.09. The van der Waals surface area contributed by atoms with Crippen molar-refractivity contribution in [2.45, 2.75) is 13.3 Å². The lowest BCUT2D eigenvalue weighted by atomic mass is 10.0. The minimum absolute atomic E-state index is 0.117. The van der Waals surface area contributed by atoms with Crippen LogP contribution in [0.15, 0.2) is 28.7 Å². The summed E-state index contributed by atoms with van der Waals surface area (Å²) in [6.07, 6.45) is 1.82. The van der Waals surface area contributed by atoms with Crippen LogP contribution in [0.5, 0.6) is 0 Å². The minimum Gasteiger partial charge on any atom is -0.303 e. The molecule has 0 aliphatic rings. The van der Waals surface area contributed by atoms with Gasteiger partial charge in [0.25, 0.3) is 0 Å². The van der Waals surface area contributed by atoms with Gasteiger partial charge in [-0.2, -0.15) is 0 Å². The van der Waals surface area contributed by atoms with E-state index >= 15 is 0 Å². The zero-order valence-corrected chi connectivity index (χ0v) is 8.54. The van der Waals surface area contributed by atoms with Crippen molar-refractivity contribution < 1.29 is 4.79 Å². The van der Waals surface area contributed by atoms with E-state index in [0.717, 1.165) is 17.2 Å². The van der Waals surface area contributed by atoms with Gasteiger partial charge in [-0.15, -0.1) is 0 Å². The number of hydrogen-bond acceptors (Lipinski definition) is 1. The van der Waals surface area contributed by atoms with Crippen LogP contribution in [0.1, 0.15) is 12.5 Å². The molecule has 0 saturated carbocycles. The molecule has 0 aliphatic carbocycles. The zero-order chi connectivity index (χ0) is 8.97. The Kier molecular flexibility index (Phi) is 3.48. The third kappa shape index (κ3) is 2.78. The molecule has 1 aromatic rings. The number of halogens is 1. The number of hydrogen-bond donors (Lipinski definition) is 0. The van der Waals surface area contributed by atoms with E-state index in [2.05, 4.69) is 15.9 Å². The SMILES string of the molecule is C[C@H](C=O)Cc1ccc(Br)cc1. The summed E-state index contributed by atoms with van der Waals surface area (Å²) in [4.78, 5) is 10.4. The zero-order valence-electron chi connectivity index (χ0n) is 6.96. The van der Waals surface area contributed by atoms with E-state index in [-0.39, 0.29) is 5.92 Å². The van der Waals surface area contributed by atoms with E-state index in [1.54, 1.807) is 0 Å². The van der Waals surface area contributed by atoms with Gasteiger partial charge in [-0.3, -0.25) is 0 Å². The van der Waals surface area contributed by atoms with E-state index in [1.165, 1.54) is 5.56 Å². The molecule has 0 aliphatic heterocycles. The van der Waals surface area contributed by atoms with Gasteiger partial charge in [0.1, 0.15) is 6.29 Å². The molecule has 0 radical (unpaired) electrons. The Hall–Kier alpha value is -0.630. The highest BCUT2D eigenvalue weighted by molar-refractivity contribution is 9.10. The Morgan fingerprint density at radius 3 is 2.50 bits per heavy atom. The Labute approximate surface area is 80.9 Å². The molecule has 12 heavy (non-hydrogen) atoms. The molecule has 0 heterocycles. The summed E-state index contributed by atoms with van der Waals surface area (Å²) in [6.45, 7) is 1.93. The van der Waals surface area contributed by atoms with Crippen LogP contribution in [0.2, 0.25) is 0 Å². The third-order valence-corrected chi connectivity index (χ3v) is 2.23. The standard InChI is InChI=1S/C10H11BrO/c1-8(7-12)6-9-2-4-10(11)5-3-9/h2-5,7-8H,6H2,1H3/t8-/m0/s1. The maximum absolute atomic E-state index is 10.4. The first kappa shape index (κ1) is 9.46. The van der Waals surface area contributed by atoms with Crippen LogP contribution in [-0.4, -0.2) is 6.29 Å². The predicted octanol–water partition coefficient (Wildman–Crippen LogP) is 2.83. The Morgan fingerprint density at radius 2 is 2.00 bits per heavy atom. The van der Waals surface area contributed by atoms with Gasteiger partial charge in [0.15, 0.2) is 0 Å². The predicted molar refractivity (Wildman–Crippen MR) is 53.1 cm³/mol. The van der Waals surface area contributed by atoms with Crippen LogP contribution in [0.25, 0.3) is 0 Å². The Morgan fingerprint density at radius 1 is 1.42 bits per heavy atom. The summed E-state index contributed by atoms with van der Waals surface area (Å²) < 4.78 is 1.07. The number of carbonyl (C=O) groups is 1. The molecule has 1 rings (SSSR count). The maximum Gasteiger partial charge on any atom is 0.123 e. The lowest BCUT2D eigenvalue weighted by molar-refractivity contribution is -0.110. The second-order valence-electron chi connectivity index (χ2n) is 2.94. The van der Waals surface area contributed by atoms with E-state index < -0.39 is 0 Å². The van der Waals surface area contributed by atoms with E-state index in [9.17, 15) is 4.79 Å². The van der Waals surface area contributed by atoms with Crippen molar-refractivity contribution in [2.75, 3.05) is 0 Å². The van der Waals surface area contributed by atoms with Crippen LogP contribution in [0.3, 0.4) is 0 Å². The molecule has 1 aromatic carbocycles. The summed E-state index contributed by atoms with van der Waals surface area (Å²) in [5.41, 5.74) is 1.21. The van der Waals surface area contributed by atoms with Gasteiger partial charge >= 0.3 is 0 Å². The summed E-state index contributed by atoms with van der Waals surface area (Å²) in [7, 11) is 0. The fourth-order valence-electron chi connectivity index (χ4n) is 1.04. The van der Waals surface area contributed by atoms with E-state index in [4.69, 9.17) is 0 Å². The number of aldehydes is 1. The fraction of sp³-hybridized carbons (Fsp3) is 0.300. The van der Waals surface area contributed by atoms with E-state index in [1.807, 2.05) is 31.2 Å². The molecule has 0 N–H and O–H groups in total. The quantitative estimate of drug-likeness (QED) is 0.725. The highest BCUT2D eigenvalue weighted by Crippen LogP contribution is 2.12. The molecule has 0 saturated heterocycles. The summed E-state index contributed by atoms with van der Waals surface area (Å²) in [5, 5.41) is 0. The molecule has 0 bridgehead atoms. The van der Waals surface area contributed by atoms with Crippen LogP contribution >= 0.6 is 15.9 Å². The third-order valence-electron chi connectivity index (χ3n) is 1.70. The first-order valence-corrected chi connectivity index (χ1v) is 4.71. The van der Waals surface area contributed by atoms with Gasteiger partial charge in [0.2, 0.25) is 0 Å². The summed E-state index contributed by atoms with van der Waals surface area (Å²) in [5.74, 6) is 0.117. The fourth-order valence-corrected chi connectivity index (χ4v) is 1.30. The van der Waals surface area contributed by atoms with Gasteiger partial charge in [0, 0.05) is 10.4 Å². The van der Waals surface area contributed by atoms with Gasteiger partial charge in [-0.05, 0) is 24.1 Å². The molecule has 0 fully saturated rings. The highest BCUT2D eigenvalue weighted by Gasteiger charge is 2.00. The first-order chi connectivity index (χ1) is 5.72. The summed E-state index contributed by atoms with van der Waals surface area (Å²) >= 11 is 3.36. The van der Waals surface area contributed by atoms with Crippen LogP contribution in [-0.2, 0) is 11.2 Å². The lowest BCUT2D eigenvalue weighted by Gasteiger charge is -2.02. The minimum atomic E-state index is 0.117. The second kappa shape index (κ2) is 4.41. The number of rotatable bonds is 3. The maximum atomic E-state index is 10.4. The van der Waals surface area contributed by atoms with Crippen LogP contribution in [0.4, 0.5) is 0 Å². The second-order valence-corrected chi connectivity index (χ2v) is 3.86. The molecule has 64 valence electrons. The van der Waals surface area contributed by atoms with Crippen molar-refractivity contribution >= 4 is 22.2 Å². The molecular formula is C10H11BrO. The molecule has 0 unspecified atom stereocenters. The normalized spacial score (nSPS) is 12.5. The molecule has 2 heteroatoms. The van der Waals surface area contributed by atoms with Crippen molar-refractivity contribution in [3.63, 3.8) is 0 Å². The van der Waals surface area contributed by atoms with Crippen molar-refractivity contribution in [1.82, 2.24) is 0 Å². The summed E-state index contributed by atoms with van der Waals surface area (Å²) in [6, 6.07) is 8.05. The van der Waals surface area contributed by atoms with Crippen molar-refractivity contribution in [1.29, 1.82) is 0 Å². The average molecular weight is 227 g/mol. The topological polar surface area (TPSA) is 17.1 Å². The molecule has 0 spiro atoms. The van der Waals surface area contributed by atoms with Crippen molar-refractivity contribution in [3.8, 4) is 0 Å². The molecular weight excluding hydrogens is 216 g/mol. The Balaban J connectivity index is 2.64. The molecule has 1 atom stereocenters. The highest BCUT2D eigenvalue weighted by atomic mass is 79.9. The largest absolute Gasteiger partial charge is 0.303 e. The molecule has 0 aromatic heterocycles. The van der Waals surface area contributed by atoms with Crippen LogP contribution < -0.4 is 0 Å². The van der Waals surface area contributed by atoms with Gasteiger partial charge in [-0.25, -0.2) is 0 Å². The monoisotopic (exact) mass is 226 g/mol. The van der Waals surface area contributed by atoms with Crippen molar-refractivity contribution in [2.24, 2.45) is 5.92 Å². The number of benzene rings is 1.